The lowest BCUT2D eigenvalue weighted by Crippen LogP contribution is -2.61. The molecular formula is C36H21BN2O2. The molecule has 10 rings (SSSR count). The zero-order valence-electron chi connectivity index (χ0n) is 21.9. The predicted octanol–water partition coefficient (Wildman–Crippen LogP) is 7.77. The molecule has 6 aromatic carbocycles. The van der Waals surface area contributed by atoms with E-state index in [4.69, 9.17) is 9.15 Å². The van der Waals surface area contributed by atoms with Crippen LogP contribution in [0, 0.1) is 0 Å². The van der Waals surface area contributed by atoms with Gasteiger partial charge in [-0.05, 0) is 77.1 Å². The smallest absolute Gasteiger partial charge is 0.252 e. The van der Waals surface area contributed by atoms with Crippen molar-refractivity contribution in [3.05, 3.63) is 127 Å². The van der Waals surface area contributed by atoms with Crippen LogP contribution in [0.5, 0.6) is 11.5 Å². The first-order valence-corrected chi connectivity index (χ1v) is 14.0. The van der Waals surface area contributed by atoms with E-state index in [0.29, 0.717) is 0 Å². The van der Waals surface area contributed by atoms with Gasteiger partial charge in [-0.2, -0.15) is 0 Å². The van der Waals surface area contributed by atoms with E-state index < -0.39 is 0 Å². The highest BCUT2D eigenvalue weighted by Gasteiger charge is 2.45. The van der Waals surface area contributed by atoms with E-state index in [1.807, 2.05) is 18.2 Å². The number of fused-ring (bicyclic) bond motifs is 9. The Morgan fingerprint density at radius 3 is 2.12 bits per heavy atom. The Morgan fingerprint density at radius 1 is 0.488 bits per heavy atom. The lowest BCUT2D eigenvalue weighted by Gasteiger charge is -2.45. The minimum absolute atomic E-state index is 0.0900. The number of nitrogens with zero attached hydrogens (tertiary/aromatic N) is 2. The minimum Gasteiger partial charge on any atom is -0.456 e. The Kier molecular flexibility index (Phi) is 3.98. The van der Waals surface area contributed by atoms with Crippen molar-refractivity contribution in [3.63, 3.8) is 0 Å². The van der Waals surface area contributed by atoms with Crippen LogP contribution in [0.4, 0.5) is 34.1 Å². The van der Waals surface area contributed by atoms with E-state index in [1.165, 1.54) is 33.5 Å². The molecule has 0 atom stereocenters. The molecule has 4 nitrogen and oxygen atoms in total. The second-order valence-electron chi connectivity index (χ2n) is 10.9. The van der Waals surface area contributed by atoms with Crippen LogP contribution >= 0.6 is 0 Å². The third-order valence-electron chi connectivity index (χ3n) is 8.83. The monoisotopic (exact) mass is 524 g/mol. The molecule has 3 aliphatic heterocycles. The van der Waals surface area contributed by atoms with E-state index >= 15 is 0 Å². The summed E-state index contributed by atoms with van der Waals surface area (Å²) in [7, 11) is 0. The molecule has 0 unspecified atom stereocenters. The van der Waals surface area contributed by atoms with Crippen LogP contribution in [0.15, 0.2) is 132 Å². The van der Waals surface area contributed by atoms with Gasteiger partial charge in [0.2, 0.25) is 0 Å². The molecule has 0 fully saturated rings. The van der Waals surface area contributed by atoms with E-state index in [1.54, 1.807) is 0 Å². The average molecular weight is 524 g/mol. The standard InChI is InChI=1S/C36H21BN2O2/c1-5-16-31-23(9-1)24-21-22(19-20-32(24)40-31)38-27-12-3-2-10-25(27)37-26-11-7-18-34-36(26)39(28-13-4-6-17-33(28)41-34)30-15-8-14-29(38)35(30)37/h1-21H. The van der Waals surface area contributed by atoms with E-state index in [-0.39, 0.29) is 6.71 Å². The van der Waals surface area contributed by atoms with Gasteiger partial charge in [-0.1, -0.05) is 66.7 Å². The molecule has 0 aliphatic carbocycles. The van der Waals surface area contributed by atoms with Crippen molar-refractivity contribution >= 4 is 79.2 Å². The van der Waals surface area contributed by atoms with Crippen LogP contribution in [0.1, 0.15) is 0 Å². The predicted molar refractivity (Wildman–Crippen MR) is 168 cm³/mol. The molecule has 0 saturated carbocycles. The van der Waals surface area contributed by atoms with Crippen LogP contribution < -0.4 is 30.9 Å². The van der Waals surface area contributed by atoms with E-state index in [2.05, 4.69) is 119 Å². The van der Waals surface area contributed by atoms with Crippen LogP contribution in [-0.2, 0) is 0 Å². The Balaban J connectivity index is 1.28. The van der Waals surface area contributed by atoms with Crippen molar-refractivity contribution in [1.29, 1.82) is 0 Å². The first-order chi connectivity index (χ1) is 20.3. The third-order valence-corrected chi connectivity index (χ3v) is 8.83. The van der Waals surface area contributed by atoms with Gasteiger partial charge in [-0.15, -0.1) is 0 Å². The second kappa shape index (κ2) is 7.61. The molecule has 0 saturated heterocycles. The lowest BCUT2D eigenvalue weighted by atomic mass is 9.33. The van der Waals surface area contributed by atoms with Gasteiger partial charge in [-0.3, -0.25) is 0 Å². The van der Waals surface area contributed by atoms with Gasteiger partial charge < -0.3 is 19.0 Å². The van der Waals surface area contributed by atoms with Crippen molar-refractivity contribution in [1.82, 2.24) is 0 Å². The van der Waals surface area contributed by atoms with Crippen molar-refractivity contribution in [3.8, 4) is 11.5 Å². The van der Waals surface area contributed by atoms with Crippen molar-refractivity contribution in [2.75, 3.05) is 9.80 Å². The largest absolute Gasteiger partial charge is 0.456 e. The summed E-state index contributed by atoms with van der Waals surface area (Å²) in [6.45, 7) is 0.0900. The fourth-order valence-corrected chi connectivity index (χ4v) is 7.21. The number of furan rings is 1. The Labute approximate surface area is 236 Å². The first kappa shape index (κ1) is 21.4. The van der Waals surface area contributed by atoms with Crippen molar-refractivity contribution < 1.29 is 9.15 Å². The van der Waals surface area contributed by atoms with Crippen molar-refractivity contribution in [2.24, 2.45) is 0 Å². The molecule has 1 aromatic heterocycles. The number of benzene rings is 6. The van der Waals surface area contributed by atoms with Crippen molar-refractivity contribution in [2.45, 2.75) is 0 Å². The number of ether oxygens (including phenoxy) is 1. The molecular weight excluding hydrogens is 503 g/mol. The second-order valence-corrected chi connectivity index (χ2v) is 10.9. The molecule has 3 aliphatic rings. The molecule has 0 amide bonds. The van der Waals surface area contributed by atoms with Gasteiger partial charge in [-0.25, -0.2) is 0 Å². The van der Waals surface area contributed by atoms with E-state index in [0.717, 1.165) is 50.5 Å². The highest BCUT2D eigenvalue weighted by Crippen LogP contribution is 2.52. The van der Waals surface area contributed by atoms with Crippen LogP contribution in [0.3, 0.4) is 0 Å². The van der Waals surface area contributed by atoms with Crippen LogP contribution in [0.25, 0.3) is 21.9 Å². The maximum atomic E-state index is 6.47. The average Bonchev–Trinajstić information content (AvgIpc) is 3.40. The minimum atomic E-state index is 0.0900. The fourth-order valence-electron chi connectivity index (χ4n) is 7.21. The third kappa shape index (κ3) is 2.70. The van der Waals surface area contributed by atoms with Crippen LogP contribution in [-0.4, -0.2) is 6.71 Å². The fraction of sp³-hybridized carbons (Fsp3) is 0. The van der Waals surface area contributed by atoms with Gasteiger partial charge in [0.1, 0.15) is 11.2 Å². The van der Waals surface area contributed by atoms with E-state index in [9.17, 15) is 0 Å². The quantitative estimate of drug-likeness (QED) is 0.205. The van der Waals surface area contributed by atoms with Gasteiger partial charge >= 0.3 is 0 Å². The molecule has 0 N–H and O–H groups in total. The molecule has 5 heteroatoms. The summed E-state index contributed by atoms with van der Waals surface area (Å²) in [6, 6.07) is 45.2. The molecule has 190 valence electrons. The zero-order chi connectivity index (χ0) is 26.7. The molecule has 7 aromatic rings. The molecule has 0 radical (unpaired) electrons. The maximum Gasteiger partial charge on any atom is 0.252 e. The highest BCUT2D eigenvalue weighted by molar-refractivity contribution is 7.00. The number of anilines is 6. The number of rotatable bonds is 1. The molecule has 4 heterocycles. The Morgan fingerprint density at radius 2 is 1.17 bits per heavy atom. The lowest BCUT2D eigenvalue weighted by molar-refractivity contribution is 0.477. The summed E-state index contributed by atoms with van der Waals surface area (Å²) in [5, 5.41) is 2.26. The summed E-state index contributed by atoms with van der Waals surface area (Å²) >= 11 is 0. The van der Waals surface area contributed by atoms with Gasteiger partial charge in [0.05, 0.1) is 11.4 Å². The van der Waals surface area contributed by atoms with Gasteiger partial charge in [0, 0.05) is 33.5 Å². The van der Waals surface area contributed by atoms with Gasteiger partial charge in [0.25, 0.3) is 6.71 Å². The summed E-state index contributed by atoms with van der Waals surface area (Å²) in [6.07, 6.45) is 0. The summed E-state index contributed by atoms with van der Waals surface area (Å²) in [5.41, 5.74) is 12.6. The normalized spacial score (nSPS) is 13.9. The number of hydrogen-bond donors (Lipinski definition) is 0. The molecule has 0 spiro atoms. The van der Waals surface area contributed by atoms with Gasteiger partial charge in [0.15, 0.2) is 11.5 Å². The summed E-state index contributed by atoms with van der Waals surface area (Å²) < 4.78 is 12.6. The summed E-state index contributed by atoms with van der Waals surface area (Å²) in [5.74, 6) is 1.77. The number of hydrogen-bond acceptors (Lipinski definition) is 4. The summed E-state index contributed by atoms with van der Waals surface area (Å²) in [4.78, 5) is 4.82. The number of para-hydroxylation sites is 5. The topological polar surface area (TPSA) is 28.9 Å². The highest BCUT2D eigenvalue weighted by atomic mass is 16.5. The maximum absolute atomic E-state index is 6.47. The first-order valence-electron chi connectivity index (χ1n) is 14.0. The molecule has 0 bridgehead atoms. The Hall–Kier alpha value is -5.42. The molecule has 41 heavy (non-hydrogen) atoms. The zero-order valence-corrected chi connectivity index (χ0v) is 21.9. The van der Waals surface area contributed by atoms with Crippen LogP contribution in [0.2, 0.25) is 0 Å². The SMILES string of the molecule is c1ccc2c(c1)Oc1cccc3c1N2c1cccc2c1B3c1ccccc1N2c1ccc2oc3ccccc3c2c1. The Bertz CT molecular complexity index is 2240.